The number of nitrogens with one attached hydrogen (secondary N) is 2. The lowest BCUT2D eigenvalue weighted by Gasteiger charge is -2.25. The van der Waals surface area contributed by atoms with Gasteiger partial charge < -0.3 is 10.3 Å². The highest BCUT2D eigenvalue weighted by molar-refractivity contribution is 7.09. The number of aromatic amines is 1. The molecular formula is C26H26N6S. The molecular weight excluding hydrogens is 428 g/mol. The first-order valence-corrected chi connectivity index (χ1v) is 12.2. The first kappa shape index (κ1) is 21.4. The van der Waals surface area contributed by atoms with Crippen LogP contribution in [0.5, 0.6) is 0 Å². The number of H-pyrrole nitrogens is 1. The van der Waals surface area contributed by atoms with Crippen LogP contribution < -0.4 is 5.32 Å². The standard InChI is InChI=1S/C26H26N6S/c1-18-22-9-10-29-24(22)8-7-23(18)31-26-19(14-28-15-20(26)13-27)5-6-21-17-33-25(30-21)16-32-11-3-2-4-12-32/h5-10,14-15,17,29H,2-4,11-12,16H2,1H3,(H,28,31)/b6-5+. The molecule has 0 spiro atoms. The van der Waals surface area contributed by atoms with Crippen LogP contribution in [0.15, 0.2) is 42.2 Å². The summed E-state index contributed by atoms with van der Waals surface area (Å²) in [5.74, 6) is 0. The highest BCUT2D eigenvalue weighted by Gasteiger charge is 2.13. The van der Waals surface area contributed by atoms with E-state index in [0.29, 0.717) is 5.56 Å². The Kier molecular flexibility index (Phi) is 6.20. The number of hydrogen-bond acceptors (Lipinski definition) is 6. The van der Waals surface area contributed by atoms with Gasteiger partial charge in [-0.25, -0.2) is 4.98 Å². The molecule has 1 saturated heterocycles. The van der Waals surface area contributed by atoms with Crippen molar-refractivity contribution < 1.29 is 0 Å². The van der Waals surface area contributed by atoms with Gasteiger partial charge in [0.15, 0.2) is 0 Å². The van der Waals surface area contributed by atoms with Crippen molar-refractivity contribution in [1.82, 2.24) is 19.9 Å². The summed E-state index contributed by atoms with van der Waals surface area (Å²) in [4.78, 5) is 14.8. The molecule has 166 valence electrons. The van der Waals surface area contributed by atoms with E-state index in [4.69, 9.17) is 4.98 Å². The Morgan fingerprint density at radius 3 is 2.91 bits per heavy atom. The molecule has 4 heterocycles. The lowest BCUT2D eigenvalue weighted by atomic mass is 10.1. The number of nitrogens with zero attached hydrogens (tertiary/aromatic N) is 4. The van der Waals surface area contributed by atoms with E-state index in [2.05, 4.69) is 44.6 Å². The first-order valence-electron chi connectivity index (χ1n) is 11.3. The second-order valence-corrected chi connectivity index (χ2v) is 9.34. The molecule has 7 heteroatoms. The van der Waals surface area contributed by atoms with Crippen LogP contribution in [0.2, 0.25) is 0 Å². The van der Waals surface area contributed by atoms with Crippen LogP contribution in [0, 0.1) is 18.3 Å². The largest absolute Gasteiger partial charge is 0.361 e. The van der Waals surface area contributed by atoms with E-state index in [-0.39, 0.29) is 0 Å². The highest BCUT2D eigenvalue weighted by Crippen LogP contribution is 2.31. The summed E-state index contributed by atoms with van der Waals surface area (Å²) in [6, 6.07) is 8.43. The Bertz CT molecular complexity index is 1340. The van der Waals surface area contributed by atoms with E-state index in [0.717, 1.165) is 50.7 Å². The third kappa shape index (κ3) is 4.68. The Morgan fingerprint density at radius 1 is 1.18 bits per heavy atom. The summed E-state index contributed by atoms with van der Waals surface area (Å²) in [7, 11) is 0. The predicted octanol–water partition coefficient (Wildman–Crippen LogP) is 6.10. The normalized spacial score (nSPS) is 14.7. The van der Waals surface area contributed by atoms with Crippen molar-refractivity contribution in [3.05, 3.63) is 69.6 Å². The van der Waals surface area contributed by atoms with Gasteiger partial charge in [0.2, 0.25) is 0 Å². The second-order valence-electron chi connectivity index (χ2n) is 8.40. The highest BCUT2D eigenvalue weighted by atomic mass is 32.1. The van der Waals surface area contributed by atoms with Gasteiger partial charge >= 0.3 is 0 Å². The molecule has 0 radical (unpaired) electrons. The lowest BCUT2D eigenvalue weighted by Crippen LogP contribution is -2.28. The minimum atomic E-state index is 0.509. The zero-order chi connectivity index (χ0) is 22.6. The van der Waals surface area contributed by atoms with E-state index in [1.165, 1.54) is 32.4 Å². The van der Waals surface area contributed by atoms with Crippen molar-refractivity contribution >= 4 is 45.8 Å². The van der Waals surface area contributed by atoms with Gasteiger partial charge in [-0.05, 0) is 68.8 Å². The number of rotatable bonds is 6. The molecule has 1 aromatic carbocycles. The van der Waals surface area contributed by atoms with Crippen molar-refractivity contribution in [3.63, 3.8) is 0 Å². The van der Waals surface area contributed by atoms with Gasteiger partial charge in [-0.15, -0.1) is 11.3 Å². The summed E-state index contributed by atoms with van der Waals surface area (Å²) < 4.78 is 0. The van der Waals surface area contributed by atoms with Gasteiger partial charge in [0, 0.05) is 46.1 Å². The number of aryl methyl sites for hydroxylation is 1. The average Bonchev–Trinajstić information content (AvgIpc) is 3.50. The van der Waals surface area contributed by atoms with Crippen LogP contribution in [0.3, 0.4) is 0 Å². The molecule has 1 aliphatic heterocycles. The monoisotopic (exact) mass is 454 g/mol. The summed E-state index contributed by atoms with van der Waals surface area (Å²) in [6.45, 7) is 5.35. The zero-order valence-corrected chi connectivity index (χ0v) is 19.5. The fourth-order valence-corrected chi connectivity index (χ4v) is 5.14. The molecule has 0 saturated carbocycles. The summed E-state index contributed by atoms with van der Waals surface area (Å²) in [5, 5.41) is 17.6. The fourth-order valence-electron chi connectivity index (χ4n) is 4.34. The van der Waals surface area contributed by atoms with Crippen LogP contribution in [-0.2, 0) is 6.54 Å². The molecule has 5 rings (SSSR count). The van der Waals surface area contributed by atoms with E-state index in [1.54, 1.807) is 23.7 Å². The number of nitriles is 1. The fraction of sp³-hybridized carbons (Fsp3) is 0.269. The Morgan fingerprint density at radius 2 is 2.06 bits per heavy atom. The van der Waals surface area contributed by atoms with Crippen molar-refractivity contribution in [2.75, 3.05) is 18.4 Å². The number of piperidine rings is 1. The van der Waals surface area contributed by atoms with Crippen LogP contribution in [0.4, 0.5) is 11.4 Å². The van der Waals surface area contributed by atoms with Gasteiger partial charge in [-0.2, -0.15) is 5.26 Å². The van der Waals surface area contributed by atoms with Crippen molar-refractivity contribution in [2.45, 2.75) is 32.7 Å². The van der Waals surface area contributed by atoms with E-state index in [9.17, 15) is 5.26 Å². The Labute approximate surface area is 197 Å². The van der Waals surface area contributed by atoms with Gasteiger partial charge in [0.25, 0.3) is 0 Å². The molecule has 3 aromatic heterocycles. The van der Waals surface area contributed by atoms with Gasteiger partial charge in [-0.1, -0.05) is 6.42 Å². The molecule has 1 fully saturated rings. The van der Waals surface area contributed by atoms with Crippen molar-refractivity contribution in [1.29, 1.82) is 5.26 Å². The quantitative estimate of drug-likeness (QED) is 0.368. The first-order chi connectivity index (χ1) is 16.2. The number of likely N-dealkylation sites (tertiary alicyclic amines) is 1. The molecule has 0 aliphatic carbocycles. The number of benzene rings is 1. The third-order valence-electron chi connectivity index (χ3n) is 6.17. The lowest BCUT2D eigenvalue weighted by molar-refractivity contribution is 0.220. The minimum Gasteiger partial charge on any atom is -0.361 e. The Hall–Kier alpha value is -3.47. The summed E-state index contributed by atoms with van der Waals surface area (Å²) in [5.41, 5.74) is 6.25. The predicted molar refractivity (Wildman–Crippen MR) is 135 cm³/mol. The summed E-state index contributed by atoms with van der Waals surface area (Å²) >= 11 is 1.71. The maximum absolute atomic E-state index is 9.70. The molecule has 0 bridgehead atoms. The molecule has 2 N–H and O–H groups in total. The third-order valence-corrected chi connectivity index (χ3v) is 7.02. The second kappa shape index (κ2) is 9.57. The molecule has 1 aliphatic rings. The van der Waals surface area contributed by atoms with E-state index >= 15 is 0 Å². The number of aromatic nitrogens is 3. The molecule has 6 nitrogen and oxygen atoms in total. The molecule has 0 unspecified atom stereocenters. The van der Waals surface area contributed by atoms with Crippen LogP contribution in [0.1, 0.15) is 46.7 Å². The average molecular weight is 455 g/mol. The minimum absolute atomic E-state index is 0.509. The van der Waals surface area contributed by atoms with E-state index < -0.39 is 0 Å². The zero-order valence-electron chi connectivity index (χ0n) is 18.6. The van der Waals surface area contributed by atoms with Gasteiger partial charge in [0.1, 0.15) is 11.1 Å². The van der Waals surface area contributed by atoms with Crippen molar-refractivity contribution in [3.8, 4) is 6.07 Å². The SMILES string of the molecule is Cc1c(Nc2c(C#N)cncc2/C=C/c2csc(CN3CCCCC3)n2)ccc2[nH]ccc12. The van der Waals surface area contributed by atoms with Crippen LogP contribution in [0.25, 0.3) is 23.1 Å². The maximum atomic E-state index is 9.70. The number of thiazole rings is 1. The number of fused-ring (bicyclic) bond motifs is 1. The van der Waals surface area contributed by atoms with Crippen molar-refractivity contribution in [2.24, 2.45) is 0 Å². The topological polar surface area (TPSA) is 80.6 Å². The van der Waals surface area contributed by atoms with E-state index in [1.807, 2.05) is 30.5 Å². The number of hydrogen-bond donors (Lipinski definition) is 2. The molecule has 0 amide bonds. The van der Waals surface area contributed by atoms with Crippen LogP contribution >= 0.6 is 11.3 Å². The Balaban J connectivity index is 1.39. The smallest absolute Gasteiger partial charge is 0.107 e. The maximum Gasteiger partial charge on any atom is 0.107 e. The molecule has 4 aromatic rings. The van der Waals surface area contributed by atoms with Gasteiger partial charge in [-0.3, -0.25) is 9.88 Å². The van der Waals surface area contributed by atoms with Gasteiger partial charge in [0.05, 0.1) is 23.5 Å². The number of anilines is 2. The summed E-state index contributed by atoms with van der Waals surface area (Å²) in [6.07, 6.45) is 13.2. The number of pyridine rings is 1. The van der Waals surface area contributed by atoms with Crippen LogP contribution in [-0.4, -0.2) is 32.9 Å². The molecule has 33 heavy (non-hydrogen) atoms. The molecule has 0 atom stereocenters.